The van der Waals surface area contributed by atoms with Crippen LogP contribution in [0.1, 0.15) is 5.71 Å². The molecule has 0 unspecified atom stereocenters. The molecule has 3 nitrogen and oxygen atoms in total. The summed E-state index contributed by atoms with van der Waals surface area (Å²) in [6.07, 6.45) is 0. The maximum absolute atomic E-state index is 0. The Morgan fingerprint density at radius 2 is 0.571 bits per heavy atom. The summed E-state index contributed by atoms with van der Waals surface area (Å²) in [6, 6.07) is 0. The van der Waals surface area contributed by atoms with Crippen molar-refractivity contribution in [2.75, 3.05) is 0 Å². The van der Waals surface area contributed by atoms with Crippen molar-refractivity contribution in [2.24, 2.45) is 0 Å². The minimum Gasteiger partial charge on any atom is -2.00 e. The van der Waals surface area contributed by atoms with Crippen LogP contribution in [0.15, 0.2) is 0 Å². The van der Waals surface area contributed by atoms with E-state index in [2.05, 4.69) is 0 Å². The fourth-order valence-corrected chi connectivity index (χ4v) is 0. The largest absolute Gasteiger partial charge is 3.00 e. The van der Waals surface area contributed by atoms with E-state index in [1.165, 1.54) is 0 Å². The summed E-state index contributed by atoms with van der Waals surface area (Å²) >= 11 is 0. The van der Waals surface area contributed by atoms with E-state index >= 15 is 0 Å². The summed E-state index contributed by atoms with van der Waals surface area (Å²) in [5, 5.41) is 0. The molecule has 0 rings (SSSR count). The van der Waals surface area contributed by atoms with Gasteiger partial charge in [0.25, 0.3) is 0 Å². The Bertz CT molecular complexity index is 21.3. The molecule has 0 aromatic rings. The van der Waals surface area contributed by atoms with Gasteiger partial charge in [-0.05, 0) is 0 Å². The van der Waals surface area contributed by atoms with E-state index in [0.29, 0.717) is 0 Å². The third-order valence-corrected chi connectivity index (χ3v) is 0. The summed E-state index contributed by atoms with van der Waals surface area (Å²) in [6.45, 7) is 0. The van der Waals surface area contributed by atoms with Crippen LogP contribution in [0, 0.1) is 71.2 Å². The molecule has 32 valence electrons. The predicted octanol–water partition coefficient (Wildman–Crippen LogP) is -0.668. The Hall–Kier alpha value is 3.80. The summed E-state index contributed by atoms with van der Waals surface area (Å²) < 4.78 is 0. The second-order valence-electron chi connectivity index (χ2n) is 0. The molecule has 0 saturated carbocycles. The molecule has 0 aromatic carbocycles. The Morgan fingerprint density at radius 3 is 0.571 bits per heavy atom. The molecule has 0 radical (unpaired) electrons. The van der Waals surface area contributed by atoms with E-state index in [1.54, 1.807) is 0 Å². The van der Waals surface area contributed by atoms with Gasteiger partial charge < -0.3 is 22.1 Å². The summed E-state index contributed by atoms with van der Waals surface area (Å²) in [7, 11) is 0. The van der Waals surface area contributed by atoms with Gasteiger partial charge in [-0.2, -0.15) is 0 Å². The van der Waals surface area contributed by atoms with E-state index in [9.17, 15) is 0 Å². The third kappa shape index (κ3) is 41.3. The number of rotatable bonds is 0. The average Bonchev–Trinajstić information content (AvgIpc) is 0. The van der Waals surface area contributed by atoms with Gasteiger partial charge in [-0.1, -0.05) is 0 Å². The zero-order valence-corrected chi connectivity index (χ0v) is 13.9. The van der Waals surface area contributed by atoms with Crippen LogP contribution < -0.4 is 0 Å². The molecule has 0 amide bonds. The van der Waals surface area contributed by atoms with E-state index in [1.807, 2.05) is 0 Å². The fraction of sp³-hybridized carbons (Fsp3) is 0. The summed E-state index contributed by atoms with van der Waals surface area (Å²) in [5.41, 5.74) is 0. The van der Waals surface area contributed by atoms with Gasteiger partial charge in [-0.3, -0.25) is 0 Å². The summed E-state index contributed by atoms with van der Waals surface area (Å²) in [4.78, 5) is 0. The molecule has 0 spiro atoms. The van der Waals surface area contributed by atoms with Crippen LogP contribution in [0.2, 0.25) is 0 Å². The molecule has 0 atom stereocenters. The Labute approximate surface area is 136 Å². The normalized spacial score (nSPS) is 0. The van der Waals surface area contributed by atoms with Crippen molar-refractivity contribution in [3.05, 3.63) is 0 Å². The van der Waals surface area contributed by atoms with E-state index < -0.39 is 0 Å². The zero-order valence-electron chi connectivity index (χ0n) is 7.79. The van der Waals surface area contributed by atoms with Crippen LogP contribution in [-0.4, -0.2) is 46.1 Å². The molecule has 0 heterocycles. The smallest absolute Gasteiger partial charge is 2.00 e. The van der Waals surface area contributed by atoms with Crippen molar-refractivity contribution in [3.8, 4) is 0 Å². The number of hydrogen-bond donors (Lipinski definition) is 0. The van der Waals surface area contributed by atoms with Crippen LogP contribution in [0.4, 0.5) is 0 Å². The second kappa shape index (κ2) is 52.5. The number of hydrogen-bond acceptors (Lipinski definition) is 0. The van der Waals surface area contributed by atoms with Crippen LogP contribution in [0.3, 0.4) is 0 Å². The van der Waals surface area contributed by atoms with Gasteiger partial charge in [0, 0.05) is 0 Å². The van der Waals surface area contributed by atoms with Crippen molar-refractivity contribution in [1.29, 1.82) is 0 Å². The Morgan fingerprint density at radius 1 is 0.571 bits per heavy atom. The molecule has 0 aliphatic rings. The fourth-order valence-electron chi connectivity index (χ4n) is 0. The van der Waals surface area contributed by atoms with Crippen molar-refractivity contribution in [3.63, 3.8) is 0 Å². The molecule has 0 fully saturated rings. The molecule has 7 heavy (non-hydrogen) atoms. The average molecular weight is 378 g/mol. The topological polar surface area (TPSA) is 85.5 Å². The van der Waals surface area contributed by atoms with E-state index in [0.717, 1.165) is 0 Å². The minimum atomic E-state index is 0. The maximum Gasteiger partial charge on any atom is 3.00 e. The van der Waals surface area contributed by atoms with E-state index in [-0.39, 0.29) is 139 Å². The molecule has 0 bridgehead atoms. The van der Waals surface area contributed by atoms with Crippen LogP contribution in [0.25, 0.3) is 0 Å². The van der Waals surface area contributed by atoms with Crippen molar-refractivity contribution < 1.29 is 93.3 Å². The molecular formula is H4La2Mg2O3. The molecule has 0 saturated heterocycles. The molecule has 0 N–H and O–H groups in total. The third-order valence-electron chi connectivity index (χ3n) is 0. The molecule has 7 heteroatoms. The van der Waals surface area contributed by atoms with Gasteiger partial charge in [0.1, 0.15) is 0 Å². The van der Waals surface area contributed by atoms with Gasteiger partial charge in [-0.15, -0.1) is 0 Å². The van der Waals surface area contributed by atoms with Crippen LogP contribution in [-0.2, 0) is 16.4 Å². The van der Waals surface area contributed by atoms with Crippen molar-refractivity contribution >= 4 is 46.1 Å². The first-order valence-electron chi connectivity index (χ1n) is 0. The first kappa shape index (κ1) is 71.8. The quantitative estimate of drug-likeness (QED) is 0.501. The standard InChI is InChI=1S/2La.2Mg.3O.4H/q2*+3;2*+2;3*-2;4*-1. The monoisotopic (exact) mass is 378 g/mol. The van der Waals surface area contributed by atoms with Gasteiger partial charge >= 0.3 is 117 Å². The van der Waals surface area contributed by atoms with Gasteiger partial charge in [0.05, 0.1) is 0 Å². The van der Waals surface area contributed by atoms with Gasteiger partial charge in [-0.25, -0.2) is 0 Å². The maximum atomic E-state index is 0. The van der Waals surface area contributed by atoms with Crippen LogP contribution in [0.5, 0.6) is 0 Å². The molecular weight excluding hydrogens is 374 g/mol. The van der Waals surface area contributed by atoms with Gasteiger partial charge in [0.2, 0.25) is 0 Å². The van der Waals surface area contributed by atoms with Crippen molar-refractivity contribution in [2.45, 2.75) is 0 Å². The molecule has 0 aromatic heterocycles. The van der Waals surface area contributed by atoms with Crippen molar-refractivity contribution in [1.82, 2.24) is 0 Å². The zero-order chi connectivity index (χ0) is 0. The first-order valence-corrected chi connectivity index (χ1v) is 0. The van der Waals surface area contributed by atoms with Gasteiger partial charge in [0.15, 0.2) is 0 Å². The van der Waals surface area contributed by atoms with Crippen LogP contribution >= 0.6 is 0 Å². The minimum absolute atomic E-state index is 0. The predicted molar refractivity (Wildman–Crippen MR) is 18.0 cm³/mol. The Balaban J connectivity index is 0. The second-order valence-corrected chi connectivity index (χ2v) is 0. The summed E-state index contributed by atoms with van der Waals surface area (Å²) in [5.74, 6) is 0. The SMILES string of the molecule is [H-].[H-].[H-].[H-].[La+3].[La+3].[Mg+2].[Mg+2].[O-2].[O-2].[O-2]. The molecule has 0 aliphatic carbocycles. The molecule has 0 aliphatic heterocycles. The Kier molecular flexibility index (Phi) is 539. The first-order chi connectivity index (χ1) is 0. The van der Waals surface area contributed by atoms with E-state index in [4.69, 9.17) is 0 Å².